The Labute approximate surface area is 329 Å². The average Bonchev–Trinajstić information content (AvgIpc) is 3.16. The summed E-state index contributed by atoms with van der Waals surface area (Å²) in [6.45, 7) is 7.62. The second-order valence-electron chi connectivity index (χ2n) is 15.0. The van der Waals surface area contributed by atoms with E-state index in [0.717, 1.165) is 90.1 Å². The molecule has 0 saturated carbocycles. The molecule has 0 rings (SSSR count). The molecule has 0 amide bonds. The van der Waals surface area contributed by atoms with Crippen LogP contribution in [-0.2, 0) is 19.1 Å². The molecular formula is C48H87NO4. The number of allylic oxidation sites excluding steroid dienone is 8. The van der Waals surface area contributed by atoms with Crippen LogP contribution in [0.2, 0.25) is 0 Å². The first kappa shape index (κ1) is 50.9. The molecule has 0 aromatic rings. The molecule has 0 unspecified atom stereocenters. The van der Waals surface area contributed by atoms with Crippen molar-refractivity contribution >= 4 is 11.9 Å². The van der Waals surface area contributed by atoms with Gasteiger partial charge < -0.3 is 14.8 Å². The predicted octanol–water partition coefficient (Wildman–Crippen LogP) is 14.4. The Hall–Kier alpha value is -2.14. The molecule has 1 N–H and O–H groups in total. The summed E-state index contributed by atoms with van der Waals surface area (Å²) in [7, 11) is 0. The number of hydrogen-bond acceptors (Lipinski definition) is 5. The summed E-state index contributed by atoms with van der Waals surface area (Å²) in [6.07, 6.45) is 55.0. The summed E-state index contributed by atoms with van der Waals surface area (Å²) in [5, 5.41) is 3.49. The maximum absolute atomic E-state index is 12.0. The molecule has 0 aliphatic carbocycles. The summed E-state index contributed by atoms with van der Waals surface area (Å²) < 4.78 is 10.9. The Morgan fingerprint density at radius 3 is 1.08 bits per heavy atom. The third-order valence-electron chi connectivity index (χ3n) is 9.68. The van der Waals surface area contributed by atoms with Gasteiger partial charge in [-0.2, -0.15) is 0 Å². The zero-order valence-corrected chi connectivity index (χ0v) is 35.2. The van der Waals surface area contributed by atoms with Crippen LogP contribution in [0, 0.1) is 0 Å². The van der Waals surface area contributed by atoms with Crippen molar-refractivity contribution in [1.82, 2.24) is 5.32 Å². The van der Waals surface area contributed by atoms with Gasteiger partial charge in [-0.15, -0.1) is 0 Å². The highest BCUT2D eigenvalue weighted by Crippen LogP contribution is 2.11. The van der Waals surface area contributed by atoms with E-state index in [-0.39, 0.29) is 11.9 Å². The molecule has 0 bridgehead atoms. The maximum atomic E-state index is 12.0. The molecule has 0 heterocycles. The van der Waals surface area contributed by atoms with Gasteiger partial charge in [0.1, 0.15) is 0 Å². The van der Waals surface area contributed by atoms with Gasteiger partial charge in [-0.3, -0.25) is 9.59 Å². The fraction of sp³-hybridized carbons (Fsp3) is 0.792. The summed E-state index contributed by atoms with van der Waals surface area (Å²) in [6, 6.07) is 0. The lowest BCUT2D eigenvalue weighted by Gasteiger charge is -2.07. The Bertz CT molecular complexity index is 807. The molecule has 5 heteroatoms. The number of unbranched alkanes of at least 4 members (excludes halogenated alkanes) is 22. The van der Waals surface area contributed by atoms with Crippen molar-refractivity contribution in [2.75, 3.05) is 26.3 Å². The van der Waals surface area contributed by atoms with E-state index >= 15 is 0 Å². The van der Waals surface area contributed by atoms with E-state index in [1.807, 2.05) is 0 Å². The Morgan fingerprint density at radius 2 is 0.698 bits per heavy atom. The van der Waals surface area contributed by atoms with Crippen molar-refractivity contribution in [2.45, 2.75) is 219 Å². The van der Waals surface area contributed by atoms with E-state index in [2.05, 4.69) is 67.8 Å². The number of carbonyl (C=O) groups excluding carboxylic acids is 2. The second kappa shape index (κ2) is 46.0. The highest BCUT2D eigenvalue weighted by molar-refractivity contribution is 5.69. The van der Waals surface area contributed by atoms with Gasteiger partial charge in [-0.05, 0) is 116 Å². The maximum Gasteiger partial charge on any atom is 0.305 e. The molecule has 0 atom stereocenters. The van der Waals surface area contributed by atoms with Gasteiger partial charge in [0.15, 0.2) is 0 Å². The van der Waals surface area contributed by atoms with Crippen LogP contribution in [0.25, 0.3) is 0 Å². The minimum Gasteiger partial charge on any atom is -0.466 e. The molecule has 0 aromatic carbocycles. The number of esters is 2. The van der Waals surface area contributed by atoms with Gasteiger partial charge in [0, 0.05) is 12.8 Å². The standard InChI is InChI=1S/C48H87NO4/c1-3-5-7-9-11-13-15-17-19-21-23-25-27-29-31-39-45-52-47(50)41-35-33-37-43-49-44-38-34-36-42-48(51)53-46-40-32-30-28-26-24-22-20-18-16-14-12-10-8-6-4-2/h11-14,17-20,49H,3-10,15-16,21-46H2,1-2H3/b13-11-,14-12-,19-17-,20-18-. The fourth-order valence-electron chi connectivity index (χ4n) is 6.21. The quantitative estimate of drug-likeness (QED) is 0.0383. The molecule has 0 saturated heterocycles. The molecule has 0 aromatic heterocycles. The first-order valence-corrected chi connectivity index (χ1v) is 22.8. The van der Waals surface area contributed by atoms with E-state index in [1.54, 1.807) is 0 Å². The van der Waals surface area contributed by atoms with E-state index in [4.69, 9.17) is 9.47 Å². The van der Waals surface area contributed by atoms with Crippen LogP contribution >= 0.6 is 0 Å². The summed E-state index contributed by atoms with van der Waals surface area (Å²) in [4.78, 5) is 24.0. The predicted molar refractivity (Wildman–Crippen MR) is 230 cm³/mol. The van der Waals surface area contributed by atoms with Gasteiger partial charge in [0.2, 0.25) is 0 Å². The second-order valence-corrected chi connectivity index (χ2v) is 15.0. The lowest BCUT2D eigenvalue weighted by Crippen LogP contribution is -2.16. The minimum absolute atomic E-state index is 0.0411. The smallest absolute Gasteiger partial charge is 0.305 e. The molecule has 0 aliphatic rings. The minimum atomic E-state index is -0.0411. The Morgan fingerprint density at radius 1 is 0.377 bits per heavy atom. The molecule has 308 valence electrons. The first-order chi connectivity index (χ1) is 26.2. The van der Waals surface area contributed by atoms with Crippen LogP contribution in [0.4, 0.5) is 0 Å². The third-order valence-corrected chi connectivity index (χ3v) is 9.68. The zero-order valence-electron chi connectivity index (χ0n) is 35.2. The number of hydrogen-bond donors (Lipinski definition) is 1. The van der Waals surface area contributed by atoms with Crippen molar-refractivity contribution < 1.29 is 19.1 Å². The first-order valence-electron chi connectivity index (χ1n) is 22.8. The summed E-state index contributed by atoms with van der Waals surface area (Å²) in [5.74, 6) is -0.0822. The van der Waals surface area contributed by atoms with Crippen molar-refractivity contribution in [3.63, 3.8) is 0 Å². The molecule has 0 fully saturated rings. The van der Waals surface area contributed by atoms with Gasteiger partial charge in [0.05, 0.1) is 13.2 Å². The zero-order chi connectivity index (χ0) is 38.4. The summed E-state index contributed by atoms with van der Waals surface area (Å²) in [5.41, 5.74) is 0. The Balaban J connectivity index is 3.30. The third kappa shape index (κ3) is 45.9. The van der Waals surface area contributed by atoms with Crippen LogP contribution in [0.1, 0.15) is 219 Å². The average molecular weight is 742 g/mol. The fourth-order valence-corrected chi connectivity index (χ4v) is 6.21. The van der Waals surface area contributed by atoms with Crippen molar-refractivity contribution in [2.24, 2.45) is 0 Å². The number of carbonyl (C=O) groups is 2. The monoisotopic (exact) mass is 742 g/mol. The van der Waals surface area contributed by atoms with Crippen molar-refractivity contribution in [3.8, 4) is 0 Å². The lowest BCUT2D eigenvalue weighted by atomic mass is 10.1. The summed E-state index contributed by atoms with van der Waals surface area (Å²) >= 11 is 0. The molecule has 0 spiro atoms. The van der Waals surface area contributed by atoms with Gasteiger partial charge in [0.25, 0.3) is 0 Å². The van der Waals surface area contributed by atoms with Gasteiger partial charge in [-0.1, -0.05) is 152 Å². The number of nitrogens with one attached hydrogen (secondary N) is 1. The Kier molecular flexibility index (Phi) is 44.2. The van der Waals surface area contributed by atoms with E-state index in [9.17, 15) is 9.59 Å². The van der Waals surface area contributed by atoms with Crippen LogP contribution < -0.4 is 5.32 Å². The van der Waals surface area contributed by atoms with Crippen molar-refractivity contribution in [3.05, 3.63) is 48.6 Å². The molecule has 53 heavy (non-hydrogen) atoms. The van der Waals surface area contributed by atoms with E-state index in [1.165, 1.54) is 116 Å². The highest BCUT2D eigenvalue weighted by Gasteiger charge is 2.04. The van der Waals surface area contributed by atoms with Crippen molar-refractivity contribution in [1.29, 1.82) is 0 Å². The SMILES string of the molecule is CCCCC/C=C\C/C=C\CCCCCCCCOC(=O)CCCCCNCCCCCC(=O)OCCCCCCCC/C=C\C/C=C\CCCCC. The topological polar surface area (TPSA) is 64.6 Å². The molecule has 0 radical (unpaired) electrons. The van der Waals surface area contributed by atoms with Crippen LogP contribution in [-0.4, -0.2) is 38.2 Å². The molecule has 5 nitrogen and oxygen atoms in total. The highest BCUT2D eigenvalue weighted by atomic mass is 16.5. The molecular weight excluding hydrogens is 655 g/mol. The van der Waals surface area contributed by atoms with Crippen LogP contribution in [0.15, 0.2) is 48.6 Å². The van der Waals surface area contributed by atoms with Crippen LogP contribution in [0.3, 0.4) is 0 Å². The largest absolute Gasteiger partial charge is 0.466 e. The van der Waals surface area contributed by atoms with Gasteiger partial charge in [-0.25, -0.2) is 0 Å². The van der Waals surface area contributed by atoms with E-state index < -0.39 is 0 Å². The molecule has 0 aliphatic heterocycles. The lowest BCUT2D eigenvalue weighted by molar-refractivity contribution is -0.144. The van der Waals surface area contributed by atoms with Crippen LogP contribution in [0.5, 0.6) is 0 Å². The normalized spacial score (nSPS) is 12.0. The van der Waals surface area contributed by atoms with Gasteiger partial charge >= 0.3 is 11.9 Å². The number of ether oxygens (including phenoxy) is 2. The number of rotatable bonds is 42. The van der Waals surface area contributed by atoms with E-state index in [0.29, 0.717) is 26.1 Å².